The molecule has 20 heavy (non-hydrogen) atoms. The van der Waals surface area contributed by atoms with Gasteiger partial charge in [0.25, 0.3) is 0 Å². The van der Waals surface area contributed by atoms with Crippen molar-refractivity contribution in [2.75, 3.05) is 33.5 Å². The molecule has 1 aliphatic rings. The van der Waals surface area contributed by atoms with Gasteiger partial charge >= 0.3 is 0 Å². The van der Waals surface area contributed by atoms with E-state index in [1.54, 1.807) is 39.7 Å². The number of piperazine rings is 1. The molecule has 1 rings (SSSR count). The van der Waals surface area contributed by atoms with Crippen LogP contribution in [0.1, 0.15) is 34.1 Å². The van der Waals surface area contributed by atoms with Crippen LogP contribution in [0.2, 0.25) is 0 Å². The molecular formula is C14H26N2O4. The third-order valence-electron chi connectivity index (χ3n) is 3.53. The van der Waals surface area contributed by atoms with Crippen molar-refractivity contribution in [2.24, 2.45) is 0 Å². The lowest BCUT2D eigenvalue weighted by molar-refractivity contribution is -0.160. The normalized spacial score (nSPS) is 20.9. The molecule has 0 radical (unpaired) electrons. The number of methoxy groups -OCH3 is 1. The molecule has 0 unspecified atom stereocenters. The fraction of sp³-hybridized carbons (Fsp3) is 0.857. The standard InChI is InChI=1S/C14H26N2O4/c1-13(2)12(18)16(14(3,4)11(17)15-13)7-10-20-9-6-8-19-5/h6-10H2,1-5H3,(H,15,17). The molecule has 6 heteroatoms. The van der Waals surface area contributed by atoms with Crippen molar-refractivity contribution in [3.63, 3.8) is 0 Å². The summed E-state index contributed by atoms with van der Waals surface area (Å²) in [5, 5.41) is 2.76. The number of carbonyl (C=O) groups excluding carboxylic acids is 2. The Bertz CT molecular complexity index is 366. The fourth-order valence-electron chi connectivity index (χ4n) is 2.15. The summed E-state index contributed by atoms with van der Waals surface area (Å²) in [6, 6.07) is 0. The number of amides is 2. The molecule has 6 nitrogen and oxygen atoms in total. The van der Waals surface area contributed by atoms with Crippen LogP contribution in [0, 0.1) is 0 Å². The molecule has 0 spiro atoms. The third kappa shape index (κ3) is 3.70. The van der Waals surface area contributed by atoms with E-state index in [1.165, 1.54) is 0 Å². The van der Waals surface area contributed by atoms with Crippen LogP contribution in [0.3, 0.4) is 0 Å². The first-order valence-corrected chi connectivity index (χ1v) is 6.95. The maximum atomic E-state index is 12.4. The number of rotatable bonds is 7. The Hall–Kier alpha value is -1.14. The topological polar surface area (TPSA) is 67.9 Å². The molecule has 0 aromatic heterocycles. The van der Waals surface area contributed by atoms with Gasteiger partial charge in [-0.15, -0.1) is 0 Å². The number of ether oxygens (including phenoxy) is 2. The highest BCUT2D eigenvalue weighted by Crippen LogP contribution is 2.25. The molecule has 0 aromatic rings. The zero-order valence-electron chi connectivity index (χ0n) is 13.1. The van der Waals surface area contributed by atoms with Gasteiger partial charge in [0.05, 0.1) is 6.61 Å². The molecule has 1 fully saturated rings. The predicted molar refractivity (Wildman–Crippen MR) is 75.3 cm³/mol. The fourth-order valence-corrected chi connectivity index (χ4v) is 2.15. The average Bonchev–Trinajstić information content (AvgIpc) is 2.35. The highest BCUT2D eigenvalue weighted by molar-refractivity contribution is 6.01. The van der Waals surface area contributed by atoms with Crippen molar-refractivity contribution < 1.29 is 19.1 Å². The molecule has 0 aromatic carbocycles. The quantitative estimate of drug-likeness (QED) is 0.694. The van der Waals surface area contributed by atoms with Gasteiger partial charge in [0.2, 0.25) is 11.8 Å². The smallest absolute Gasteiger partial charge is 0.248 e. The Morgan fingerprint density at radius 3 is 2.35 bits per heavy atom. The summed E-state index contributed by atoms with van der Waals surface area (Å²) in [4.78, 5) is 26.1. The first-order chi connectivity index (χ1) is 9.23. The minimum atomic E-state index is -0.858. The van der Waals surface area contributed by atoms with Crippen molar-refractivity contribution in [1.82, 2.24) is 10.2 Å². The van der Waals surface area contributed by atoms with E-state index in [1.807, 2.05) is 0 Å². The van der Waals surface area contributed by atoms with E-state index in [2.05, 4.69) is 5.32 Å². The Morgan fingerprint density at radius 2 is 1.75 bits per heavy atom. The first kappa shape index (κ1) is 16.9. The van der Waals surface area contributed by atoms with Crippen molar-refractivity contribution >= 4 is 11.8 Å². The molecule has 0 saturated carbocycles. The molecule has 1 aliphatic heterocycles. The third-order valence-corrected chi connectivity index (χ3v) is 3.53. The van der Waals surface area contributed by atoms with Crippen LogP contribution in [0.4, 0.5) is 0 Å². The number of nitrogens with one attached hydrogen (secondary N) is 1. The van der Waals surface area contributed by atoms with Gasteiger partial charge in [-0.05, 0) is 34.1 Å². The monoisotopic (exact) mass is 286 g/mol. The number of hydrogen-bond donors (Lipinski definition) is 1. The average molecular weight is 286 g/mol. The second-order valence-electron chi connectivity index (χ2n) is 6.05. The van der Waals surface area contributed by atoms with Gasteiger partial charge in [-0.3, -0.25) is 9.59 Å². The SMILES string of the molecule is COCCCOCCN1C(=O)C(C)(C)NC(=O)C1(C)C. The molecule has 0 atom stereocenters. The van der Waals surface area contributed by atoms with E-state index < -0.39 is 11.1 Å². The first-order valence-electron chi connectivity index (χ1n) is 6.95. The molecule has 2 amide bonds. The van der Waals surface area contributed by atoms with Crippen LogP contribution in [0.15, 0.2) is 0 Å². The van der Waals surface area contributed by atoms with Crippen LogP contribution in [-0.4, -0.2) is 61.3 Å². The summed E-state index contributed by atoms with van der Waals surface area (Å²) in [6.07, 6.45) is 0.819. The minimum absolute atomic E-state index is 0.0809. The molecule has 1 N–H and O–H groups in total. The van der Waals surface area contributed by atoms with Crippen LogP contribution < -0.4 is 5.32 Å². The summed E-state index contributed by atoms with van der Waals surface area (Å²) in [7, 11) is 1.65. The summed E-state index contributed by atoms with van der Waals surface area (Å²) in [6.45, 7) is 9.01. The predicted octanol–water partition coefficient (Wildman–Crippen LogP) is 0.555. The van der Waals surface area contributed by atoms with Gasteiger partial charge in [-0.2, -0.15) is 0 Å². The van der Waals surface area contributed by atoms with Crippen LogP contribution in [0.25, 0.3) is 0 Å². The summed E-state index contributed by atoms with van der Waals surface area (Å²) < 4.78 is 10.4. The molecule has 0 bridgehead atoms. The number of hydrogen-bond acceptors (Lipinski definition) is 4. The van der Waals surface area contributed by atoms with Gasteiger partial charge in [0.15, 0.2) is 0 Å². The maximum Gasteiger partial charge on any atom is 0.248 e. The maximum absolute atomic E-state index is 12.4. The van der Waals surface area contributed by atoms with Gasteiger partial charge < -0.3 is 19.7 Å². The van der Waals surface area contributed by atoms with E-state index in [0.29, 0.717) is 26.4 Å². The molecule has 116 valence electrons. The van der Waals surface area contributed by atoms with Gasteiger partial charge in [-0.1, -0.05) is 0 Å². The molecule has 0 aliphatic carbocycles. The minimum Gasteiger partial charge on any atom is -0.385 e. The van der Waals surface area contributed by atoms with Gasteiger partial charge in [0.1, 0.15) is 11.1 Å². The molecule has 1 heterocycles. The zero-order valence-corrected chi connectivity index (χ0v) is 13.1. The second kappa shape index (κ2) is 6.54. The highest BCUT2D eigenvalue weighted by atomic mass is 16.5. The van der Waals surface area contributed by atoms with Gasteiger partial charge in [-0.25, -0.2) is 0 Å². The lowest BCUT2D eigenvalue weighted by Gasteiger charge is -2.47. The van der Waals surface area contributed by atoms with Crippen molar-refractivity contribution in [3.8, 4) is 0 Å². The van der Waals surface area contributed by atoms with E-state index >= 15 is 0 Å². The number of carbonyl (C=O) groups is 2. The van der Waals surface area contributed by atoms with Crippen LogP contribution in [-0.2, 0) is 19.1 Å². The summed E-state index contributed by atoms with van der Waals surface area (Å²) in [5.74, 6) is -0.218. The molecular weight excluding hydrogens is 260 g/mol. The van der Waals surface area contributed by atoms with Crippen LogP contribution >= 0.6 is 0 Å². The zero-order chi connectivity index (χ0) is 15.4. The molecule has 1 saturated heterocycles. The number of nitrogens with zero attached hydrogens (tertiary/aromatic N) is 1. The van der Waals surface area contributed by atoms with Crippen molar-refractivity contribution in [1.29, 1.82) is 0 Å². The van der Waals surface area contributed by atoms with Crippen molar-refractivity contribution in [2.45, 2.75) is 45.2 Å². The van der Waals surface area contributed by atoms with E-state index in [0.717, 1.165) is 6.42 Å². The van der Waals surface area contributed by atoms with Gasteiger partial charge in [0, 0.05) is 26.9 Å². The Kier molecular flexibility index (Phi) is 5.53. The summed E-state index contributed by atoms with van der Waals surface area (Å²) in [5.41, 5.74) is -1.70. The lowest BCUT2D eigenvalue weighted by atomic mass is 9.90. The Morgan fingerprint density at radius 1 is 1.10 bits per heavy atom. The van der Waals surface area contributed by atoms with Crippen LogP contribution in [0.5, 0.6) is 0 Å². The van der Waals surface area contributed by atoms with E-state index in [4.69, 9.17) is 9.47 Å². The van der Waals surface area contributed by atoms with Crippen molar-refractivity contribution in [3.05, 3.63) is 0 Å². The summed E-state index contributed by atoms with van der Waals surface area (Å²) >= 11 is 0. The largest absolute Gasteiger partial charge is 0.385 e. The second-order valence-corrected chi connectivity index (χ2v) is 6.05. The lowest BCUT2D eigenvalue weighted by Crippen LogP contribution is -2.72. The van der Waals surface area contributed by atoms with E-state index in [-0.39, 0.29) is 11.8 Å². The Labute approximate surface area is 120 Å². The highest BCUT2D eigenvalue weighted by Gasteiger charge is 2.49. The van der Waals surface area contributed by atoms with E-state index in [9.17, 15) is 9.59 Å². The Balaban J connectivity index is 2.56.